The molecule has 0 aromatic heterocycles. The van der Waals surface area contributed by atoms with Crippen molar-refractivity contribution in [3.63, 3.8) is 0 Å². The van der Waals surface area contributed by atoms with Crippen LogP contribution in [0, 0.1) is 0 Å². The molecule has 18 heavy (non-hydrogen) atoms. The van der Waals surface area contributed by atoms with Crippen molar-refractivity contribution in [1.29, 1.82) is 0 Å². The Kier molecular flexibility index (Phi) is 5.25. The van der Waals surface area contributed by atoms with E-state index in [1.165, 1.54) is 43.2 Å². The third-order valence-corrected chi connectivity index (χ3v) is 3.60. The number of hydrogen-bond donors (Lipinski definition) is 0. The fraction of sp³-hybridized carbons (Fsp3) is 0.562. The van der Waals surface area contributed by atoms with Gasteiger partial charge in [0, 0.05) is 0 Å². The Hall–Kier alpha value is -1.31. The van der Waals surface area contributed by atoms with Gasteiger partial charge in [-0.15, -0.1) is 0 Å². The number of nitrogens with zero attached hydrogens (tertiary/aromatic N) is 1. The molecule has 1 aliphatic carbocycles. The summed E-state index contributed by atoms with van der Waals surface area (Å²) >= 11 is 0. The Morgan fingerprint density at radius 1 is 1.22 bits per heavy atom. The van der Waals surface area contributed by atoms with Gasteiger partial charge in [-0.05, 0) is 36.3 Å². The molecule has 0 aliphatic heterocycles. The lowest BCUT2D eigenvalue weighted by atomic mass is 9.82. The number of oxime groups is 1. The summed E-state index contributed by atoms with van der Waals surface area (Å²) < 4.78 is 0. The van der Waals surface area contributed by atoms with E-state index in [4.69, 9.17) is 4.84 Å². The van der Waals surface area contributed by atoms with Crippen LogP contribution in [0.25, 0.3) is 0 Å². The SMILES string of the molecule is CCCON=Cc1ccccc1C1CCCCC1. The number of rotatable bonds is 5. The molecular formula is C16H23NO. The zero-order valence-corrected chi connectivity index (χ0v) is 11.3. The van der Waals surface area contributed by atoms with E-state index in [-0.39, 0.29) is 0 Å². The van der Waals surface area contributed by atoms with Crippen LogP contribution in [0.2, 0.25) is 0 Å². The lowest BCUT2D eigenvalue weighted by molar-refractivity contribution is 0.146. The van der Waals surface area contributed by atoms with Gasteiger partial charge in [0.05, 0.1) is 6.21 Å². The highest BCUT2D eigenvalue weighted by Crippen LogP contribution is 2.33. The van der Waals surface area contributed by atoms with Crippen LogP contribution in [-0.2, 0) is 4.84 Å². The number of benzene rings is 1. The highest BCUT2D eigenvalue weighted by molar-refractivity contribution is 5.81. The molecule has 2 rings (SSSR count). The fourth-order valence-electron chi connectivity index (χ4n) is 2.65. The molecule has 0 bridgehead atoms. The Labute approximate surface area is 110 Å². The molecular weight excluding hydrogens is 222 g/mol. The second-order valence-electron chi connectivity index (χ2n) is 5.03. The first-order valence-corrected chi connectivity index (χ1v) is 7.16. The summed E-state index contributed by atoms with van der Waals surface area (Å²) in [6.07, 6.45) is 9.64. The van der Waals surface area contributed by atoms with Crippen LogP contribution in [0.5, 0.6) is 0 Å². The zero-order valence-electron chi connectivity index (χ0n) is 11.3. The summed E-state index contributed by atoms with van der Waals surface area (Å²) in [5.41, 5.74) is 2.67. The van der Waals surface area contributed by atoms with Crippen molar-refractivity contribution in [2.45, 2.75) is 51.4 Å². The van der Waals surface area contributed by atoms with Crippen LogP contribution in [0.3, 0.4) is 0 Å². The predicted octanol–water partition coefficient (Wildman–Crippen LogP) is 4.49. The average Bonchev–Trinajstić information content (AvgIpc) is 2.45. The molecule has 0 spiro atoms. The van der Waals surface area contributed by atoms with Gasteiger partial charge < -0.3 is 4.84 Å². The van der Waals surface area contributed by atoms with E-state index in [0.29, 0.717) is 12.5 Å². The minimum Gasteiger partial charge on any atom is -0.396 e. The van der Waals surface area contributed by atoms with E-state index in [1.54, 1.807) is 0 Å². The van der Waals surface area contributed by atoms with Crippen LogP contribution >= 0.6 is 0 Å². The minimum absolute atomic E-state index is 0.697. The Morgan fingerprint density at radius 3 is 2.78 bits per heavy atom. The van der Waals surface area contributed by atoms with Crippen LogP contribution in [-0.4, -0.2) is 12.8 Å². The molecule has 0 atom stereocenters. The molecule has 1 saturated carbocycles. The van der Waals surface area contributed by atoms with E-state index in [9.17, 15) is 0 Å². The second kappa shape index (κ2) is 7.20. The highest BCUT2D eigenvalue weighted by Gasteiger charge is 2.17. The van der Waals surface area contributed by atoms with Gasteiger partial charge >= 0.3 is 0 Å². The van der Waals surface area contributed by atoms with Gasteiger partial charge in [-0.1, -0.05) is 55.6 Å². The summed E-state index contributed by atoms with van der Waals surface area (Å²) in [4.78, 5) is 5.20. The van der Waals surface area contributed by atoms with Crippen molar-refractivity contribution >= 4 is 6.21 Å². The Morgan fingerprint density at radius 2 is 2.00 bits per heavy atom. The summed E-state index contributed by atoms with van der Waals surface area (Å²) in [6, 6.07) is 8.60. The number of hydrogen-bond acceptors (Lipinski definition) is 2. The van der Waals surface area contributed by atoms with Gasteiger partial charge in [-0.3, -0.25) is 0 Å². The average molecular weight is 245 g/mol. The maximum Gasteiger partial charge on any atom is 0.116 e. The van der Waals surface area contributed by atoms with Crippen LogP contribution < -0.4 is 0 Å². The summed E-state index contributed by atoms with van der Waals surface area (Å²) in [6.45, 7) is 2.79. The molecule has 0 amide bonds. The smallest absolute Gasteiger partial charge is 0.116 e. The summed E-state index contributed by atoms with van der Waals surface area (Å²) in [5, 5.41) is 4.06. The fourth-order valence-corrected chi connectivity index (χ4v) is 2.65. The third-order valence-electron chi connectivity index (χ3n) is 3.60. The van der Waals surface area contributed by atoms with Crippen molar-refractivity contribution < 1.29 is 4.84 Å². The van der Waals surface area contributed by atoms with Gasteiger partial charge in [0.2, 0.25) is 0 Å². The molecule has 0 heterocycles. The monoisotopic (exact) mass is 245 g/mol. The zero-order chi connectivity index (χ0) is 12.6. The molecule has 1 aromatic carbocycles. The summed E-state index contributed by atoms with van der Waals surface area (Å²) in [5.74, 6) is 0.715. The molecule has 2 heteroatoms. The normalized spacial score (nSPS) is 17.2. The maximum atomic E-state index is 5.20. The van der Waals surface area contributed by atoms with E-state index >= 15 is 0 Å². The van der Waals surface area contributed by atoms with Gasteiger partial charge in [0.1, 0.15) is 6.61 Å². The molecule has 2 nitrogen and oxygen atoms in total. The van der Waals surface area contributed by atoms with Crippen molar-refractivity contribution in [3.8, 4) is 0 Å². The predicted molar refractivity (Wildman–Crippen MR) is 76.1 cm³/mol. The highest BCUT2D eigenvalue weighted by atomic mass is 16.6. The van der Waals surface area contributed by atoms with Gasteiger partial charge in [0.25, 0.3) is 0 Å². The Balaban J connectivity index is 2.06. The molecule has 98 valence electrons. The largest absolute Gasteiger partial charge is 0.396 e. The first kappa shape index (κ1) is 13.1. The second-order valence-corrected chi connectivity index (χ2v) is 5.03. The molecule has 0 radical (unpaired) electrons. The van der Waals surface area contributed by atoms with E-state index in [2.05, 4.69) is 36.3 Å². The molecule has 0 unspecified atom stereocenters. The van der Waals surface area contributed by atoms with Crippen LogP contribution in [0.15, 0.2) is 29.4 Å². The topological polar surface area (TPSA) is 21.6 Å². The van der Waals surface area contributed by atoms with E-state index < -0.39 is 0 Å². The first-order valence-electron chi connectivity index (χ1n) is 7.16. The molecule has 1 fully saturated rings. The molecule has 1 aliphatic rings. The minimum atomic E-state index is 0.697. The van der Waals surface area contributed by atoms with E-state index in [0.717, 1.165) is 6.42 Å². The standard InChI is InChI=1S/C16H23NO/c1-2-12-18-17-13-15-10-6-7-11-16(15)14-8-4-3-5-9-14/h6-7,10-11,13-14H,2-5,8-9,12H2,1H3. The first-order chi connectivity index (χ1) is 8.92. The molecule has 0 N–H and O–H groups in total. The van der Waals surface area contributed by atoms with Gasteiger partial charge in [0.15, 0.2) is 0 Å². The van der Waals surface area contributed by atoms with Crippen molar-refractivity contribution in [2.24, 2.45) is 5.16 Å². The van der Waals surface area contributed by atoms with Crippen LogP contribution in [0.4, 0.5) is 0 Å². The summed E-state index contributed by atoms with van der Waals surface area (Å²) in [7, 11) is 0. The van der Waals surface area contributed by atoms with Crippen molar-refractivity contribution in [2.75, 3.05) is 6.61 Å². The van der Waals surface area contributed by atoms with Gasteiger partial charge in [-0.2, -0.15) is 0 Å². The quantitative estimate of drug-likeness (QED) is 0.425. The molecule has 0 saturated heterocycles. The Bertz CT molecular complexity index is 380. The third kappa shape index (κ3) is 3.59. The maximum absolute atomic E-state index is 5.20. The van der Waals surface area contributed by atoms with E-state index in [1.807, 2.05) is 6.21 Å². The molecule has 1 aromatic rings. The lowest BCUT2D eigenvalue weighted by Gasteiger charge is -2.23. The van der Waals surface area contributed by atoms with Crippen molar-refractivity contribution in [3.05, 3.63) is 35.4 Å². The van der Waals surface area contributed by atoms with Crippen molar-refractivity contribution in [1.82, 2.24) is 0 Å². The van der Waals surface area contributed by atoms with Gasteiger partial charge in [-0.25, -0.2) is 0 Å². The lowest BCUT2D eigenvalue weighted by Crippen LogP contribution is -2.07. The van der Waals surface area contributed by atoms with Crippen LogP contribution in [0.1, 0.15) is 62.5 Å².